The van der Waals surface area contributed by atoms with E-state index in [0.717, 1.165) is 48.5 Å². The van der Waals surface area contributed by atoms with Gasteiger partial charge in [-0.15, -0.1) is 0 Å². The first kappa shape index (κ1) is 15.8. The Hall–Kier alpha value is -2.08. The van der Waals surface area contributed by atoms with E-state index in [1.165, 1.54) is 0 Å². The molecule has 0 unspecified atom stereocenters. The zero-order valence-corrected chi connectivity index (χ0v) is 13.2. The maximum atomic E-state index is 10.9. The summed E-state index contributed by atoms with van der Waals surface area (Å²) < 4.78 is 5.46. The van der Waals surface area contributed by atoms with E-state index in [1.807, 2.05) is 35.8 Å². The van der Waals surface area contributed by atoms with Crippen LogP contribution in [0.15, 0.2) is 42.5 Å². The van der Waals surface area contributed by atoms with Gasteiger partial charge in [0, 0.05) is 30.9 Å². The lowest BCUT2D eigenvalue weighted by Gasteiger charge is -2.17. The molecular weight excluding hydrogens is 292 g/mol. The van der Waals surface area contributed by atoms with E-state index >= 15 is 0 Å². The summed E-state index contributed by atoms with van der Waals surface area (Å²) in [5.74, 6) is 0.776. The van der Waals surface area contributed by atoms with Crippen molar-refractivity contribution in [1.29, 1.82) is 0 Å². The first-order valence-corrected chi connectivity index (χ1v) is 7.75. The third kappa shape index (κ3) is 3.64. The molecule has 23 heavy (non-hydrogen) atoms. The van der Waals surface area contributed by atoms with E-state index in [2.05, 4.69) is 11.0 Å². The maximum Gasteiger partial charge on any atom is 0.126 e. The number of ether oxygens (including phenoxy) is 1. The lowest BCUT2D eigenvalue weighted by atomic mass is 10.0. The molecule has 122 valence electrons. The van der Waals surface area contributed by atoms with Crippen molar-refractivity contribution in [2.24, 2.45) is 0 Å². The summed E-state index contributed by atoms with van der Waals surface area (Å²) in [5.41, 5.74) is 5.51. The Morgan fingerprint density at radius 2 is 2.17 bits per heavy atom. The second-order valence-corrected chi connectivity index (χ2v) is 5.90. The Balaban J connectivity index is 1.89. The smallest absolute Gasteiger partial charge is 0.126 e. The fraction of sp³-hybridized carbons (Fsp3) is 0.333. The predicted molar refractivity (Wildman–Crippen MR) is 91.3 cm³/mol. The van der Waals surface area contributed by atoms with E-state index in [-0.39, 0.29) is 6.10 Å². The van der Waals surface area contributed by atoms with Crippen molar-refractivity contribution in [2.75, 3.05) is 25.7 Å². The topological polar surface area (TPSA) is 67.8 Å². The van der Waals surface area contributed by atoms with Crippen molar-refractivity contribution in [3.05, 3.63) is 53.2 Å². The minimum atomic E-state index is -0.215. The fourth-order valence-corrected chi connectivity index (χ4v) is 3.04. The molecule has 1 fully saturated rings. The van der Waals surface area contributed by atoms with Crippen LogP contribution in [-0.4, -0.2) is 36.3 Å². The number of benzene rings is 2. The summed E-state index contributed by atoms with van der Waals surface area (Å²) in [6, 6.07) is 13.4. The number of β-amino-alcohol motifs (C(OH)–C–C–N with tert-alkyl or cyclic N) is 1. The van der Waals surface area contributed by atoms with Gasteiger partial charge in [0.05, 0.1) is 13.2 Å². The molecule has 0 bridgehead atoms. The van der Waals surface area contributed by atoms with Crippen molar-refractivity contribution in [2.45, 2.75) is 19.1 Å². The number of aliphatic hydroxyl groups is 1. The van der Waals surface area contributed by atoms with E-state index < -0.39 is 0 Å². The molecule has 0 amide bonds. The predicted octanol–water partition coefficient (Wildman–Crippen LogP) is 2.84. The number of likely N-dealkylation sites (tertiary alicyclic amines) is 1. The molecule has 1 atom stereocenters. The highest BCUT2D eigenvalue weighted by atomic mass is 16.5. The Morgan fingerprint density at radius 3 is 2.87 bits per heavy atom. The number of rotatable bonds is 5. The average molecular weight is 313 g/mol. The lowest BCUT2D eigenvalue weighted by molar-refractivity contribution is 0.175. The Morgan fingerprint density at radius 1 is 1.30 bits per heavy atom. The van der Waals surface area contributed by atoms with Crippen molar-refractivity contribution in [1.82, 2.24) is 4.90 Å². The van der Waals surface area contributed by atoms with Crippen molar-refractivity contribution in [3.63, 3.8) is 0 Å². The van der Waals surface area contributed by atoms with Crippen LogP contribution in [0, 0.1) is 5.21 Å². The van der Waals surface area contributed by atoms with Crippen LogP contribution in [0.5, 0.6) is 5.75 Å². The van der Waals surface area contributed by atoms with E-state index in [4.69, 9.17) is 4.74 Å². The molecule has 1 aliphatic heterocycles. The third-order valence-electron chi connectivity index (χ3n) is 4.21. The molecule has 1 saturated heterocycles. The highest BCUT2D eigenvalue weighted by molar-refractivity contribution is 5.74. The van der Waals surface area contributed by atoms with Gasteiger partial charge in [-0.05, 0) is 41.8 Å². The molecule has 5 heteroatoms. The van der Waals surface area contributed by atoms with Crippen LogP contribution in [0.4, 0.5) is 5.69 Å². The van der Waals surface area contributed by atoms with Crippen LogP contribution < -0.4 is 10.2 Å². The molecule has 0 spiro atoms. The minimum absolute atomic E-state index is 0.215. The van der Waals surface area contributed by atoms with Crippen LogP contribution in [0.1, 0.15) is 12.0 Å². The minimum Gasteiger partial charge on any atom is -0.761 e. The summed E-state index contributed by atoms with van der Waals surface area (Å²) in [4.78, 5) is 2.24. The number of hydrogen-bond donors (Lipinski definition) is 2. The third-order valence-corrected chi connectivity index (χ3v) is 4.21. The number of nitrogens with one attached hydrogen (secondary N) is 1. The standard InChI is InChI=1S/C18H21N2O3/c1-23-18-6-5-13(11-20-8-7-16(21)12-20)9-17(18)14-3-2-4-15(10-14)19-22/h2-6,9-10,16,19,21H,7-8,11-12H2,1H3/q-1/t16-/m1/s1. The van der Waals surface area contributed by atoms with Crippen molar-refractivity contribution in [3.8, 4) is 16.9 Å². The van der Waals surface area contributed by atoms with Gasteiger partial charge in [0.1, 0.15) is 5.75 Å². The van der Waals surface area contributed by atoms with Crippen LogP contribution >= 0.6 is 0 Å². The van der Waals surface area contributed by atoms with Gasteiger partial charge >= 0.3 is 0 Å². The Bertz CT molecular complexity index is 675. The quantitative estimate of drug-likeness (QED) is 0.831. The number of hydrogen-bond acceptors (Lipinski definition) is 5. The Kier molecular flexibility index (Phi) is 4.81. The first-order valence-electron chi connectivity index (χ1n) is 7.75. The maximum absolute atomic E-state index is 10.9. The van der Waals surface area contributed by atoms with E-state index in [0.29, 0.717) is 5.69 Å². The highest BCUT2D eigenvalue weighted by Gasteiger charge is 2.20. The first-order chi connectivity index (χ1) is 11.2. The lowest BCUT2D eigenvalue weighted by Crippen LogP contribution is -2.21. The highest BCUT2D eigenvalue weighted by Crippen LogP contribution is 2.32. The molecule has 3 rings (SSSR count). The van der Waals surface area contributed by atoms with Gasteiger partial charge in [0.2, 0.25) is 0 Å². The van der Waals surface area contributed by atoms with Gasteiger partial charge in [-0.1, -0.05) is 18.2 Å². The van der Waals surface area contributed by atoms with Crippen LogP contribution in [-0.2, 0) is 6.54 Å². The summed E-state index contributed by atoms with van der Waals surface area (Å²) in [7, 11) is 1.64. The largest absolute Gasteiger partial charge is 0.761 e. The summed E-state index contributed by atoms with van der Waals surface area (Å²) >= 11 is 0. The van der Waals surface area contributed by atoms with Gasteiger partial charge in [-0.2, -0.15) is 0 Å². The molecule has 0 radical (unpaired) electrons. The monoisotopic (exact) mass is 313 g/mol. The van der Waals surface area contributed by atoms with Crippen LogP contribution in [0.2, 0.25) is 0 Å². The molecule has 0 aromatic heterocycles. The zero-order chi connectivity index (χ0) is 16.2. The molecule has 2 N–H and O–H groups in total. The summed E-state index contributed by atoms with van der Waals surface area (Å²) in [5, 5.41) is 20.5. The molecule has 0 aliphatic carbocycles. The van der Waals surface area contributed by atoms with Gasteiger partial charge < -0.3 is 20.5 Å². The van der Waals surface area contributed by atoms with Gasteiger partial charge in [0.15, 0.2) is 0 Å². The van der Waals surface area contributed by atoms with Gasteiger partial charge in [-0.25, -0.2) is 0 Å². The van der Waals surface area contributed by atoms with Crippen molar-refractivity contribution >= 4 is 5.69 Å². The second kappa shape index (κ2) is 7.00. The zero-order valence-electron chi connectivity index (χ0n) is 13.2. The molecular formula is C18H21N2O3-. The molecule has 1 aliphatic rings. The SMILES string of the molecule is COc1ccc(CN2CC[C@@H](O)C2)cc1-c1cccc(N[O-])c1. The molecule has 5 nitrogen and oxygen atoms in total. The van der Waals surface area contributed by atoms with E-state index in [1.54, 1.807) is 13.2 Å². The molecule has 0 saturated carbocycles. The number of anilines is 1. The second-order valence-electron chi connectivity index (χ2n) is 5.90. The molecule has 2 aromatic carbocycles. The molecule has 1 heterocycles. The van der Waals surface area contributed by atoms with Crippen LogP contribution in [0.3, 0.4) is 0 Å². The van der Waals surface area contributed by atoms with Crippen LogP contribution in [0.25, 0.3) is 11.1 Å². The summed E-state index contributed by atoms with van der Waals surface area (Å²) in [6.45, 7) is 2.43. The summed E-state index contributed by atoms with van der Waals surface area (Å²) in [6.07, 6.45) is 0.618. The average Bonchev–Trinajstić information content (AvgIpc) is 2.99. The van der Waals surface area contributed by atoms with Gasteiger partial charge in [-0.3, -0.25) is 4.90 Å². The van der Waals surface area contributed by atoms with Crippen molar-refractivity contribution < 1.29 is 9.84 Å². The number of nitrogens with zero attached hydrogens (tertiary/aromatic N) is 1. The Labute approximate surface area is 136 Å². The van der Waals surface area contributed by atoms with Gasteiger partial charge in [0.25, 0.3) is 0 Å². The number of methoxy groups -OCH3 is 1. The molecule has 2 aromatic rings. The fourth-order valence-electron chi connectivity index (χ4n) is 3.04. The number of aliphatic hydroxyl groups excluding tert-OH is 1. The normalized spacial score (nSPS) is 18.1. The van der Waals surface area contributed by atoms with E-state index in [9.17, 15) is 10.3 Å².